The Balaban J connectivity index is 2.93. The number of nitrogens with one attached hydrogen (secondary N) is 1. The molecule has 1 aromatic carbocycles. The zero-order valence-electron chi connectivity index (χ0n) is 11.1. The maximum atomic E-state index is 12.0. The van der Waals surface area contributed by atoms with Crippen LogP contribution in [0.3, 0.4) is 0 Å². The first-order valence-electron chi connectivity index (χ1n) is 5.82. The Labute approximate surface area is 111 Å². The average Bonchev–Trinajstić information content (AvgIpc) is 2.43. The molecule has 0 saturated heterocycles. The molecule has 1 atom stereocenters. The molecule has 0 radical (unpaired) electrons. The van der Waals surface area contributed by atoms with Gasteiger partial charge in [0.05, 0.1) is 12.0 Å². The first-order chi connectivity index (χ1) is 9.01. The van der Waals surface area contributed by atoms with Crippen molar-refractivity contribution in [3.8, 4) is 0 Å². The SMILES string of the molecule is CCC(Nc1ccccc1[N+](=O)[O-])C(=O)N(C)OC. The van der Waals surface area contributed by atoms with E-state index in [2.05, 4.69) is 5.32 Å². The number of hydroxylamine groups is 2. The highest BCUT2D eigenvalue weighted by molar-refractivity contribution is 5.84. The van der Waals surface area contributed by atoms with Crippen molar-refractivity contribution in [1.82, 2.24) is 5.06 Å². The summed E-state index contributed by atoms with van der Waals surface area (Å²) < 4.78 is 0. The van der Waals surface area contributed by atoms with Gasteiger partial charge in [0.25, 0.3) is 11.6 Å². The zero-order valence-corrected chi connectivity index (χ0v) is 11.1. The third-order valence-electron chi connectivity index (χ3n) is 2.72. The number of hydrogen-bond donors (Lipinski definition) is 1. The molecule has 0 aliphatic carbocycles. The van der Waals surface area contributed by atoms with Gasteiger partial charge in [0.15, 0.2) is 0 Å². The van der Waals surface area contributed by atoms with Crippen molar-refractivity contribution >= 4 is 17.3 Å². The Morgan fingerprint density at radius 1 is 1.53 bits per heavy atom. The minimum absolute atomic E-state index is 0.0613. The molecule has 7 nitrogen and oxygen atoms in total. The van der Waals surface area contributed by atoms with Crippen LogP contribution in [-0.4, -0.2) is 36.1 Å². The number of hydrogen-bond acceptors (Lipinski definition) is 5. The Bertz CT molecular complexity index is 464. The number of nitro benzene ring substituents is 1. The van der Waals surface area contributed by atoms with Crippen LogP contribution < -0.4 is 5.32 Å². The van der Waals surface area contributed by atoms with Crippen LogP contribution in [0.25, 0.3) is 0 Å². The molecule has 19 heavy (non-hydrogen) atoms. The second-order valence-corrected chi connectivity index (χ2v) is 3.90. The van der Waals surface area contributed by atoms with E-state index in [9.17, 15) is 14.9 Å². The van der Waals surface area contributed by atoms with E-state index < -0.39 is 11.0 Å². The lowest BCUT2D eigenvalue weighted by Crippen LogP contribution is -2.40. The van der Waals surface area contributed by atoms with Gasteiger partial charge in [-0.25, -0.2) is 5.06 Å². The van der Waals surface area contributed by atoms with E-state index in [0.717, 1.165) is 5.06 Å². The number of benzene rings is 1. The maximum Gasteiger partial charge on any atom is 0.292 e. The standard InChI is InChI=1S/C12H17N3O4/c1-4-9(12(16)14(2)19-3)13-10-7-5-6-8-11(10)15(17)18/h5-9,13H,4H2,1-3H3. The fourth-order valence-corrected chi connectivity index (χ4v) is 1.59. The lowest BCUT2D eigenvalue weighted by molar-refractivity contribution is -0.384. The summed E-state index contributed by atoms with van der Waals surface area (Å²) in [5.41, 5.74) is 0.256. The van der Waals surface area contributed by atoms with Crippen molar-refractivity contribution in [2.24, 2.45) is 0 Å². The Morgan fingerprint density at radius 2 is 2.16 bits per heavy atom. The minimum atomic E-state index is -0.578. The summed E-state index contributed by atoms with van der Waals surface area (Å²) in [6.07, 6.45) is 0.485. The molecule has 1 aromatic rings. The molecule has 1 N–H and O–H groups in total. The number of nitro groups is 1. The van der Waals surface area contributed by atoms with E-state index in [1.807, 2.05) is 6.92 Å². The van der Waals surface area contributed by atoms with Gasteiger partial charge in [0.1, 0.15) is 11.7 Å². The first-order valence-corrected chi connectivity index (χ1v) is 5.82. The largest absolute Gasteiger partial charge is 0.368 e. The summed E-state index contributed by atoms with van der Waals surface area (Å²) in [5, 5.41) is 14.9. The molecule has 0 aliphatic rings. The van der Waals surface area contributed by atoms with E-state index in [-0.39, 0.29) is 11.6 Å². The molecule has 0 spiro atoms. The summed E-state index contributed by atoms with van der Waals surface area (Å²) in [4.78, 5) is 27.2. The molecule has 1 unspecified atom stereocenters. The molecule has 0 aromatic heterocycles. The topological polar surface area (TPSA) is 84.7 Å². The van der Waals surface area contributed by atoms with Gasteiger partial charge in [-0.15, -0.1) is 0 Å². The van der Waals surface area contributed by atoms with Crippen molar-refractivity contribution in [2.45, 2.75) is 19.4 Å². The van der Waals surface area contributed by atoms with Crippen LogP contribution in [-0.2, 0) is 9.63 Å². The van der Waals surface area contributed by atoms with Gasteiger partial charge in [0, 0.05) is 13.1 Å². The van der Waals surface area contributed by atoms with Crippen LogP contribution in [0.1, 0.15) is 13.3 Å². The van der Waals surface area contributed by atoms with E-state index in [0.29, 0.717) is 12.1 Å². The van der Waals surface area contributed by atoms with Crippen LogP contribution in [0, 0.1) is 10.1 Å². The third-order valence-corrected chi connectivity index (χ3v) is 2.72. The number of likely N-dealkylation sites (N-methyl/N-ethyl adjacent to an activating group) is 1. The Morgan fingerprint density at radius 3 is 2.68 bits per heavy atom. The molecular formula is C12H17N3O4. The predicted molar refractivity (Wildman–Crippen MR) is 70.6 cm³/mol. The number of para-hydroxylation sites is 2. The van der Waals surface area contributed by atoms with Gasteiger partial charge < -0.3 is 5.32 Å². The number of carbonyl (C=O) groups excluding carboxylic acids is 1. The molecule has 0 bridgehead atoms. The van der Waals surface area contributed by atoms with Crippen molar-refractivity contribution in [3.05, 3.63) is 34.4 Å². The molecule has 1 amide bonds. The Hall–Kier alpha value is -2.15. The second kappa shape index (κ2) is 6.69. The minimum Gasteiger partial charge on any atom is -0.368 e. The van der Waals surface area contributed by atoms with Gasteiger partial charge >= 0.3 is 0 Å². The summed E-state index contributed by atoms with van der Waals surface area (Å²) in [7, 11) is 2.88. The number of amides is 1. The molecule has 1 rings (SSSR count). The summed E-state index contributed by atoms with van der Waals surface area (Å²) in [6, 6.07) is 5.63. The average molecular weight is 267 g/mol. The van der Waals surface area contributed by atoms with Crippen LogP contribution in [0.5, 0.6) is 0 Å². The lowest BCUT2D eigenvalue weighted by Gasteiger charge is -2.22. The number of carbonyl (C=O) groups is 1. The first kappa shape index (κ1) is 14.9. The third kappa shape index (κ3) is 3.65. The van der Waals surface area contributed by atoms with E-state index in [1.54, 1.807) is 18.2 Å². The van der Waals surface area contributed by atoms with Crippen LogP contribution >= 0.6 is 0 Å². The highest BCUT2D eigenvalue weighted by Crippen LogP contribution is 2.24. The van der Waals surface area contributed by atoms with Gasteiger partial charge in [-0.3, -0.25) is 19.7 Å². The quantitative estimate of drug-likeness (QED) is 0.627. The van der Waals surface area contributed by atoms with E-state index in [4.69, 9.17) is 4.84 Å². The van der Waals surface area contributed by atoms with Crippen molar-refractivity contribution in [2.75, 3.05) is 19.5 Å². The lowest BCUT2D eigenvalue weighted by atomic mass is 10.2. The van der Waals surface area contributed by atoms with Gasteiger partial charge in [-0.1, -0.05) is 19.1 Å². The van der Waals surface area contributed by atoms with E-state index in [1.165, 1.54) is 20.2 Å². The monoisotopic (exact) mass is 267 g/mol. The second-order valence-electron chi connectivity index (χ2n) is 3.90. The molecule has 0 fully saturated rings. The molecule has 7 heteroatoms. The van der Waals surface area contributed by atoms with Crippen molar-refractivity contribution in [1.29, 1.82) is 0 Å². The van der Waals surface area contributed by atoms with Crippen molar-refractivity contribution in [3.63, 3.8) is 0 Å². The fourth-order valence-electron chi connectivity index (χ4n) is 1.59. The summed E-state index contributed by atoms with van der Waals surface area (Å²) >= 11 is 0. The predicted octanol–water partition coefficient (Wildman–Crippen LogP) is 1.81. The fraction of sp³-hybridized carbons (Fsp3) is 0.417. The van der Waals surface area contributed by atoms with Gasteiger partial charge in [-0.2, -0.15) is 0 Å². The highest BCUT2D eigenvalue weighted by Gasteiger charge is 2.23. The summed E-state index contributed by atoms with van der Waals surface area (Å²) in [5.74, 6) is -0.289. The maximum absolute atomic E-state index is 12.0. The highest BCUT2D eigenvalue weighted by atomic mass is 16.7. The zero-order chi connectivity index (χ0) is 14.4. The molecule has 0 heterocycles. The van der Waals surface area contributed by atoms with E-state index >= 15 is 0 Å². The number of nitrogens with zero attached hydrogens (tertiary/aromatic N) is 2. The van der Waals surface area contributed by atoms with Crippen molar-refractivity contribution < 1.29 is 14.6 Å². The molecule has 0 saturated carbocycles. The number of anilines is 1. The molecular weight excluding hydrogens is 250 g/mol. The summed E-state index contributed by atoms with van der Waals surface area (Å²) in [6.45, 7) is 1.81. The molecule has 0 aliphatic heterocycles. The van der Waals surface area contributed by atoms with Crippen LogP contribution in [0.4, 0.5) is 11.4 Å². The normalized spacial score (nSPS) is 11.7. The van der Waals surface area contributed by atoms with Gasteiger partial charge in [0.2, 0.25) is 0 Å². The molecule has 104 valence electrons. The van der Waals surface area contributed by atoms with Crippen LogP contribution in [0.15, 0.2) is 24.3 Å². The Kier molecular flexibility index (Phi) is 5.25. The van der Waals surface area contributed by atoms with Gasteiger partial charge in [-0.05, 0) is 12.5 Å². The number of rotatable bonds is 6. The smallest absolute Gasteiger partial charge is 0.292 e. The van der Waals surface area contributed by atoms with Crippen LogP contribution in [0.2, 0.25) is 0 Å².